The summed E-state index contributed by atoms with van der Waals surface area (Å²) >= 11 is 1.38. The zero-order valence-electron chi connectivity index (χ0n) is 12.7. The van der Waals surface area contributed by atoms with Gasteiger partial charge in [0.25, 0.3) is 5.56 Å². The van der Waals surface area contributed by atoms with Crippen LogP contribution in [0.15, 0.2) is 34.2 Å². The Bertz CT molecular complexity index is 796. The van der Waals surface area contributed by atoms with E-state index in [1.165, 1.54) is 11.8 Å². The third-order valence-corrected chi connectivity index (χ3v) is 4.69. The summed E-state index contributed by atoms with van der Waals surface area (Å²) in [5, 5.41) is 3.42. The first-order valence-corrected chi connectivity index (χ1v) is 8.25. The van der Waals surface area contributed by atoms with Gasteiger partial charge in [0.15, 0.2) is 5.16 Å². The largest absolute Gasteiger partial charge is 0.312 e. The van der Waals surface area contributed by atoms with Crippen molar-refractivity contribution in [3.8, 4) is 0 Å². The maximum Gasteiger partial charge on any atom is 0.279 e. The molecular formula is C16H17N3O2S. The number of aryl methyl sites for hydroxylation is 1. The van der Waals surface area contributed by atoms with Crippen molar-refractivity contribution in [1.29, 1.82) is 0 Å². The highest BCUT2D eigenvalue weighted by Crippen LogP contribution is 2.35. The maximum atomic E-state index is 12.5. The Morgan fingerprint density at radius 1 is 1.27 bits per heavy atom. The first kappa shape index (κ1) is 14.8. The van der Waals surface area contributed by atoms with Crippen molar-refractivity contribution in [2.45, 2.75) is 24.4 Å². The highest BCUT2D eigenvalue weighted by atomic mass is 32.2. The molecule has 3 rings (SSSR count). The molecule has 0 radical (unpaired) electrons. The molecule has 6 heteroatoms. The van der Waals surface area contributed by atoms with E-state index in [0.717, 1.165) is 11.1 Å². The molecule has 2 heterocycles. The third-order valence-electron chi connectivity index (χ3n) is 3.96. The predicted octanol–water partition coefficient (Wildman–Crippen LogP) is 2.28. The van der Waals surface area contributed by atoms with Gasteiger partial charge in [0.2, 0.25) is 5.91 Å². The summed E-state index contributed by atoms with van der Waals surface area (Å²) in [6.45, 7) is 2.01. The molecule has 22 heavy (non-hydrogen) atoms. The molecule has 1 N–H and O–H groups in total. The van der Waals surface area contributed by atoms with Gasteiger partial charge in [-0.25, -0.2) is 0 Å². The van der Waals surface area contributed by atoms with E-state index in [2.05, 4.69) is 10.3 Å². The molecule has 0 saturated heterocycles. The minimum Gasteiger partial charge on any atom is -0.312 e. The molecule has 0 bridgehead atoms. The molecule has 1 atom stereocenters. The van der Waals surface area contributed by atoms with Crippen LogP contribution < -0.4 is 10.9 Å². The van der Waals surface area contributed by atoms with E-state index in [0.29, 0.717) is 16.5 Å². The van der Waals surface area contributed by atoms with E-state index in [9.17, 15) is 9.59 Å². The van der Waals surface area contributed by atoms with Crippen LogP contribution in [0.2, 0.25) is 0 Å². The zero-order chi connectivity index (χ0) is 15.9. The number of thioether (sulfide) groups is 1. The first-order chi connectivity index (χ1) is 10.5. The van der Waals surface area contributed by atoms with Crippen LogP contribution in [0.4, 0.5) is 5.82 Å². The third kappa shape index (κ3) is 2.43. The van der Waals surface area contributed by atoms with Gasteiger partial charge in [-0.05, 0) is 18.7 Å². The van der Waals surface area contributed by atoms with E-state index < -0.39 is 0 Å². The summed E-state index contributed by atoms with van der Waals surface area (Å²) in [4.78, 5) is 28.7. The molecule has 5 nitrogen and oxygen atoms in total. The highest BCUT2D eigenvalue weighted by molar-refractivity contribution is 7.98. The lowest BCUT2D eigenvalue weighted by atomic mass is 9.86. The Morgan fingerprint density at radius 2 is 1.95 bits per heavy atom. The van der Waals surface area contributed by atoms with Gasteiger partial charge in [-0.1, -0.05) is 41.6 Å². The highest BCUT2D eigenvalue weighted by Gasteiger charge is 2.31. The number of nitrogens with one attached hydrogen (secondary N) is 1. The Kier molecular flexibility index (Phi) is 3.78. The van der Waals surface area contributed by atoms with Crippen LogP contribution in [-0.4, -0.2) is 21.7 Å². The fourth-order valence-corrected chi connectivity index (χ4v) is 3.34. The van der Waals surface area contributed by atoms with E-state index >= 15 is 0 Å². The lowest BCUT2D eigenvalue weighted by Gasteiger charge is -2.27. The Morgan fingerprint density at radius 3 is 2.59 bits per heavy atom. The van der Waals surface area contributed by atoms with Crippen molar-refractivity contribution >= 4 is 23.5 Å². The number of fused-ring (bicyclic) bond motifs is 1. The maximum absolute atomic E-state index is 12.5. The van der Waals surface area contributed by atoms with E-state index in [4.69, 9.17) is 0 Å². The summed E-state index contributed by atoms with van der Waals surface area (Å²) in [6.07, 6.45) is 2.13. The first-order valence-electron chi connectivity index (χ1n) is 7.02. The minimum atomic E-state index is -0.261. The number of aromatic nitrogens is 2. The fraction of sp³-hybridized carbons (Fsp3) is 0.312. The van der Waals surface area contributed by atoms with Gasteiger partial charge in [-0.2, -0.15) is 4.98 Å². The number of hydrogen-bond donors (Lipinski definition) is 1. The lowest BCUT2D eigenvalue weighted by molar-refractivity contribution is -0.116. The van der Waals surface area contributed by atoms with Crippen molar-refractivity contribution in [2.24, 2.45) is 7.05 Å². The van der Waals surface area contributed by atoms with Gasteiger partial charge in [0.1, 0.15) is 5.82 Å². The average Bonchev–Trinajstić information content (AvgIpc) is 2.50. The van der Waals surface area contributed by atoms with Crippen LogP contribution in [-0.2, 0) is 11.8 Å². The van der Waals surface area contributed by atoms with Crippen LogP contribution >= 0.6 is 11.8 Å². The number of hydrogen-bond acceptors (Lipinski definition) is 4. The molecule has 0 aliphatic carbocycles. The van der Waals surface area contributed by atoms with Crippen LogP contribution in [0.1, 0.15) is 29.0 Å². The quantitative estimate of drug-likeness (QED) is 0.682. The van der Waals surface area contributed by atoms with Crippen molar-refractivity contribution in [2.75, 3.05) is 11.6 Å². The second kappa shape index (κ2) is 5.61. The molecule has 1 aliphatic heterocycles. The van der Waals surface area contributed by atoms with Crippen molar-refractivity contribution < 1.29 is 4.79 Å². The van der Waals surface area contributed by atoms with Crippen molar-refractivity contribution in [3.05, 3.63) is 51.3 Å². The minimum absolute atomic E-state index is 0.0775. The lowest BCUT2D eigenvalue weighted by Crippen LogP contribution is -2.33. The standard InChI is InChI=1S/C16H17N3O2S/c1-9-4-6-10(7-5-9)11-8-12(20)17-14-13(11)15(21)18-16(22-3)19(14)2/h4-7,11H,8H2,1-3H3,(H,17,20)/t11-/m1/s1. The predicted molar refractivity (Wildman–Crippen MR) is 87.5 cm³/mol. The van der Waals surface area contributed by atoms with Gasteiger partial charge >= 0.3 is 0 Å². The Hall–Kier alpha value is -2.08. The van der Waals surface area contributed by atoms with E-state index in [1.807, 2.05) is 44.5 Å². The molecule has 2 aromatic rings. The average molecular weight is 315 g/mol. The van der Waals surface area contributed by atoms with Crippen molar-refractivity contribution in [3.63, 3.8) is 0 Å². The summed E-state index contributed by atoms with van der Waals surface area (Å²) < 4.78 is 1.78. The normalized spacial score (nSPS) is 17.0. The fourth-order valence-electron chi connectivity index (χ4n) is 2.80. The summed E-state index contributed by atoms with van der Waals surface area (Å²) in [5.41, 5.74) is 2.43. The van der Waals surface area contributed by atoms with Crippen molar-refractivity contribution in [1.82, 2.24) is 9.55 Å². The SMILES string of the molecule is CSc1nc(=O)c2c(n1C)NC(=O)C[C@@H]2c1ccc(C)cc1. The van der Waals surface area contributed by atoms with Crippen LogP contribution in [0.3, 0.4) is 0 Å². The number of rotatable bonds is 2. The molecule has 0 unspecified atom stereocenters. The number of anilines is 1. The van der Waals surface area contributed by atoms with Crippen LogP contribution in [0.25, 0.3) is 0 Å². The van der Waals surface area contributed by atoms with Gasteiger partial charge in [0, 0.05) is 19.4 Å². The second-order valence-electron chi connectivity index (χ2n) is 5.44. The summed E-state index contributed by atoms with van der Waals surface area (Å²) in [7, 11) is 1.81. The molecule has 1 amide bonds. The molecule has 0 saturated carbocycles. The smallest absolute Gasteiger partial charge is 0.279 e. The number of carbonyl (C=O) groups excluding carboxylic acids is 1. The van der Waals surface area contributed by atoms with Crippen LogP contribution in [0, 0.1) is 6.92 Å². The molecule has 0 fully saturated rings. The molecule has 0 spiro atoms. The van der Waals surface area contributed by atoms with Gasteiger partial charge in [0.05, 0.1) is 5.56 Å². The monoisotopic (exact) mass is 315 g/mol. The molecule has 114 valence electrons. The molecule has 1 aromatic carbocycles. The van der Waals surface area contributed by atoms with Gasteiger partial charge < -0.3 is 9.88 Å². The Balaban J connectivity index is 2.21. The summed E-state index contributed by atoms with van der Waals surface area (Å²) in [5.74, 6) is 0.240. The van der Waals surface area contributed by atoms with Crippen LogP contribution in [0.5, 0.6) is 0 Å². The number of benzene rings is 1. The Labute approximate surface area is 132 Å². The molecular weight excluding hydrogens is 298 g/mol. The molecule has 1 aromatic heterocycles. The number of carbonyl (C=O) groups is 1. The zero-order valence-corrected chi connectivity index (χ0v) is 13.5. The molecule has 1 aliphatic rings. The summed E-state index contributed by atoms with van der Waals surface area (Å²) in [6, 6.07) is 7.94. The van der Waals surface area contributed by atoms with E-state index in [1.54, 1.807) is 4.57 Å². The topological polar surface area (TPSA) is 64.0 Å². The number of nitrogens with zero attached hydrogens (tertiary/aromatic N) is 2. The van der Waals surface area contributed by atoms with E-state index in [-0.39, 0.29) is 23.8 Å². The number of amides is 1. The van der Waals surface area contributed by atoms with Gasteiger partial charge in [-0.3, -0.25) is 9.59 Å². The second-order valence-corrected chi connectivity index (χ2v) is 6.21. The van der Waals surface area contributed by atoms with Gasteiger partial charge in [-0.15, -0.1) is 0 Å².